The molecular formula is C21H30IN3O3. The van der Waals surface area contributed by atoms with Gasteiger partial charge in [0.25, 0.3) is 0 Å². The number of ether oxygens (including phenoxy) is 3. The maximum atomic E-state index is 5.63. The molecule has 7 heteroatoms. The third-order valence-electron chi connectivity index (χ3n) is 3.90. The van der Waals surface area contributed by atoms with Crippen LogP contribution in [0.4, 0.5) is 5.69 Å². The minimum absolute atomic E-state index is 0. The maximum Gasteiger partial charge on any atom is 0.195 e. The van der Waals surface area contributed by atoms with Crippen molar-refractivity contribution in [3.63, 3.8) is 0 Å². The molecule has 0 radical (unpaired) electrons. The molecule has 0 saturated heterocycles. The van der Waals surface area contributed by atoms with Gasteiger partial charge in [-0.15, -0.1) is 24.0 Å². The van der Waals surface area contributed by atoms with E-state index in [0.717, 1.165) is 30.4 Å². The molecule has 2 rings (SSSR count). The predicted octanol–water partition coefficient (Wildman–Crippen LogP) is 4.34. The second-order valence-electron chi connectivity index (χ2n) is 5.78. The van der Waals surface area contributed by atoms with Crippen LogP contribution in [0.5, 0.6) is 17.2 Å². The van der Waals surface area contributed by atoms with E-state index >= 15 is 0 Å². The van der Waals surface area contributed by atoms with Crippen LogP contribution in [0.15, 0.2) is 47.5 Å². The topological polar surface area (TPSA) is 64.1 Å². The minimum atomic E-state index is 0. The Morgan fingerprint density at radius 1 is 0.964 bits per heavy atom. The van der Waals surface area contributed by atoms with E-state index < -0.39 is 0 Å². The smallest absolute Gasteiger partial charge is 0.195 e. The average Bonchev–Trinajstić information content (AvgIpc) is 2.69. The Hall–Kier alpha value is -2.16. The Morgan fingerprint density at radius 3 is 2.32 bits per heavy atom. The highest BCUT2D eigenvalue weighted by molar-refractivity contribution is 14.0. The quantitative estimate of drug-likeness (QED) is 0.306. The number of anilines is 1. The van der Waals surface area contributed by atoms with Gasteiger partial charge >= 0.3 is 0 Å². The molecule has 2 aromatic rings. The number of guanidine groups is 1. The van der Waals surface area contributed by atoms with Gasteiger partial charge in [0.1, 0.15) is 5.75 Å². The Balaban J connectivity index is 0.00000392. The first-order valence-corrected chi connectivity index (χ1v) is 9.19. The third-order valence-corrected chi connectivity index (χ3v) is 3.90. The van der Waals surface area contributed by atoms with Crippen molar-refractivity contribution in [1.29, 1.82) is 0 Å². The van der Waals surface area contributed by atoms with Gasteiger partial charge in [-0.2, -0.15) is 0 Å². The van der Waals surface area contributed by atoms with Gasteiger partial charge in [-0.1, -0.05) is 12.1 Å². The molecule has 2 aromatic carbocycles. The summed E-state index contributed by atoms with van der Waals surface area (Å²) in [5, 5.41) is 6.58. The summed E-state index contributed by atoms with van der Waals surface area (Å²) in [4.78, 5) is 4.66. The highest BCUT2D eigenvalue weighted by atomic mass is 127. The fourth-order valence-corrected chi connectivity index (χ4v) is 2.56. The summed E-state index contributed by atoms with van der Waals surface area (Å²) in [6.07, 6.45) is 0.855. The second kappa shape index (κ2) is 13.1. The summed E-state index contributed by atoms with van der Waals surface area (Å²) in [7, 11) is 3.31. The lowest BCUT2D eigenvalue weighted by Gasteiger charge is -2.14. The van der Waals surface area contributed by atoms with Crippen molar-refractivity contribution < 1.29 is 14.2 Å². The molecule has 0 spiro atoms. The summed E-state index contributed by atoms with van der Waals surface area (Å²) in [5.74, 6) is 3.02. The minimum Gasteiger partial charge on any atom is -0.497 e. The fourth-order valence-electron chi connectivity index (χ4n) is 2.56. The normalized spacial score (nSPS) is 10.6. The second-order valence-corrected chi connectivity index (χ2v) is 5.78. The van der Waals surface area contributed by atoms with Gasteiger partial charge in [0, 0.05) is 24.8 Å². The summed E-state index contributed by atoms with van der Waals surface area (Å²) >= 11 is 0. The average molecular weight is 499 g/mol. The molecule has 0 amide bonds. The fraction of sp³-hybridized carbons (Fsp3) is 0.381. The molecule has 0 aliphatic rings. The Labute approximate surface area is 184 Å². The van der Waals surface area contributed by atoms with E-state index in [4.69, 9.17) is 14.2 Å². The highest BCUT2D eigenvalue weighted by Crippen LogP contribution is 2.30. The van der Waals surface area contributed by atoms with Crippen molar-refractivity contribution in [3.8, 4) is 17.2 Å². The molecule has 154 valence electrons. The third kappa shape index (κ3) is 7.46. The first kappa shape index (κ1) is 23.9. The number of benzene rings is 2. The van der Waals surface area contributed by atoms with Crippen LogP contribution in [-0.4, -0.2) is 39.9 Å². The Morgan fingerprint density at radius 2 is 1.71 bits per heavy atom. The van der Waals surface area contributed by atoms with Crippen LogP contribution < -0.4 is 24.8 Å². The molecule has 0 fully saturated rings. The lowest BCUT2D eigenvalue weighted by atomic mass is 10.1. The number of hydrogen-bond acceptors (Lipinski definition) is 4. The van der Waals surface area contributed by atoms with Gasteiger partial charge in [-0.25, -0.2) is 0 Å². The molecule has 2 N–H and O–H groups in total. The van der Waals surface area contributed by atoms with Crippen LogP contribution in [-0.2, 0) is 6.42 Å². The van der Waals surface area contributed by atoms with Crippen LogP contribution in [0.3, 0.4) is 0 Å². The molecule has 6 nitrogen and oxygen atoms in total. The molecule has 0 aromatic heterocycles. The van der Waals surface area contributed by atoms with Crippen LogP contribution >= 0.6 is 24.0 Å². The van der Waals surface area contributed by atoms with E-state index in [1.54, 1.807) is 14.2 Å². The first-order valence-electron chi connectivity index (χ1n) is 9.19. The van der Waals surface area contributed by atoms with Crippen molar-refractivity contribution in [2.24, 2.45) is 4.99 Å². The molecule has 0 saturated carbocycles. The van der Waals surface area contributed by atoms with E-state index in [9.17, 15) is 0 Å². The zero-order chi connectivity index (χ0) is 19.5. The van der Waals surface area contributed by atoms with Gasteiger partial charge in [-0.3, -0.25) is 4.99 Å². The zero-order valence-corrected chi connectivity index (χ0v) is 19.3. The van der Waals surface area contributed by atoms with Gasteiger partial charge in [-0.05, 0) is 50.1 Å². The molecule has 0 bridgehead atoms. The van der Waals surface area contributed by atoms with E-state index in [1.807, 2.05) is 44.2 Å². The molecular weight excluding hydrogens is 469 g/mol. The van der Waals surface area contributed by atoms with Gasteiger partial charge in [0.05, 0.1) is 20.8 Å². The predicted molar refractivity (Wildman–Crippen MR) is 126 cm³/mol. The van der Waals surface area contributed by atoms with Gasteiger partial charge < -0.3 is 24.8 Å². The SMILES string of the molecule is CCNC(=NCCc1ccc(OC)cc1)Nc1ccc(OC)c(OCC)c1.I. The molecule has 28 heavy (non-hydrogen) atoms. The van der Waals surface area contributed by atoms with Crippen LogP contribution in [0.2, 0.25) is 0 Å². The van der Waals surface area contributed by atoms with Crippen molar-refractivity contribution in [2.75, 3.05) is 39.2 Å². The van der Waals surface area contributed by atoms with Crippen molar-refractivity contribution in [1.82, 2.24) is 5.32 Å². The number of nitrogens with one attached hydrogen (secondary N) is 2. The maximum absolute atomic E-state index is 5.63. The number of rotatable bonds is 9. The molecule has 0 heterocycles. The first-order chi connectivity index (χ1) is 13.2. The molecule has 0 atom stereocenters. The molecule has 0 aliphatic carbocycles. The molecule has 0 aliphatic heterocycles. The number of nitrogens with zero attached hydrogens (tertiary/aromatic N) is 1. The van der Waals surface area contributed by atoms with Gasteiger partial charge in [0.15, 0.2) is 17.5 Å². The van der Waals surface area contributed by atoms with E-state index in [1.165, 1.54) is 5.56 Å². The van der Waals surface area contributed by atoms with Crippen molar-refractivity contribution in [3.05, 3.63) is 48.0 Å². The Kier molecular flexibility index (Phi) is 11.2. The van der Waals surface area contributed by atoms with E-state index in [-0.39, 0.29) is 24.0 Å². The van der Waals surface area contributed by atoms with E-state index in [2.05, 4.69) is 27.8 Å². The largest absolute Gasteiger partial charge is 0.497 e. The summed E-state index contributed by atoms with van der Waals surface area (Å²) in [6.45, 7) is 6.03. The zero-order valence-electron chi connectivity index (χ0n) is 17.0. The highest BCUT2D eigenvalue weighted by Gasteiger charge is 2.07. The number of aliphatic imine (C=N–C) groups is 1. The van der Waals surface area contributed by atoms with Gasteiger partial charge in [0.2, 0.25) is 0 Å². The lowest BCUT2D eigenvalue weighted by Crippen LogP contribution is -2.30. The Bertz CT molecular complexity index is 736. The van der Waals surface area contributed by atoms with Crippen molar-refractivity contribution in [2.45, 2.75) is 20.3 Å². The van der Waals surface area contributed by atoms with Crippen molar-refractivity contribution >= 4 is 35.6 Å². The lowest BCUT2D eigenvalue weighted by molar-refractivity contribution is 0.311. The number of hydrogen-bond donors (Lipinski definition) is 2. The number of methoxy groups -OCH3 is 2. The van der Waals surface area contributed by atoms with Crippen LogP contribution in [0, 0.1) is 0 Å². The van der Waals surface area contributed by atoms with Crippen LogP contribution in [0.25, 0.3) is 0 Å². The molecule has 0 unspecified atom stereocenters. The van der Waals surface area contributed by atoms with Crippen LogP contribution in [0.1, 0.15) is 19.4 Å². The summed E-state index contributed by atoms with van der Waals surface area (Å²) < 4.78 is 16.1. The van der Waals surface area contributed by atoms with E-state index in [0.29, 0.717) is 24.7 Å². The summed E-state index contributed by atoms with van der Waals surface area (Å²) in [6, 6.07) is 13.8. The number of halogens is 1. The summed E-state index contributed by atoms with van der Waals surface area (Å²) in [5.41, 5.74) is 2.11. The monoisotopic (exact) mass is 499 g/mol. The standard InChI is InChI=1S/C21H29N3O3.HI/c1-5-22-21(23-14-13-16-7-10-18(25-3)11-8-16)24-17-9-12-19(26-4)20(15-17)27-6-2;/h7-12,15H,5-6,13-14H2,1-4H3,(H2,22,23,24);1H.